The first-order valence-electron chi connectivity index (χ1n) is 3.98. The summed E-state index contributed by atoms with van der Waals surface area (Å²) in [5.41, 5.74) is 0. The van der Waals surface area contributed by atoms with Crippen LogP contribution in [0.1, 0.15) is 13.8 Å². The van der Waals surface area contributed by atoms with E-state index in [0.717, 1.165) is 0 Å². The minimum atomic E-state index is -0.0764. The van der Waals surface area contributed by atoms with Gasteiger partial charge in [0.1, 0.15) is 0 Å². The third kappa shape index (κ3) is 2.66. The lowest BCUT2D eigenvalue weighted by Crippen LogP contribution is -2.33. The van der Waals surface area contributed by atoms with Gasteiger partial charge in [-0.25, -0.2) is 5.06 Å². The molecule has 0 fully saturated rings. The largest absolute Gasteiger partial charge is 0.275 e. The third-order valence-corrected chi connectivity index (χ3v) is 2.13. The van der Waals surface area contributed by atoms with Gasteiger partial charge in [0.2, 0.25) is 5.91 Å². The van der Waals surface area contributed by atoms with Crippen molar-refractivity contribution in [1.29, 1.82) is 0 Å². The van der Waals surface area contributed by atoms with Crippen molar-refractivity contribution < 1.29 is 9.63 Å². The zero-order chi connectivity index (χ0) is 9.72. The van der Waals surface area contributed by atoms with Crippen LogP contribution in [0.3, 0.4) is 0 Å². The zero-order valence-corrected chi connectivity index (χ0v) is 8.20. The predicted octanol–water partition coefficient (Wildman–Crippen LogP) is 1.46. The summed E-state index contributed by atoms with van der Waals surface area (Å²) in [4.78, 5) is 16.2. The summed E-state index contributed by atoms with van der Waals surface area (Å²) in [6.45, 7) is 7.46. The number of nitrogens with zero attached hydrogens (tertiary/aromatic N) is 1. The number of carbonyl (C=O) groups is 1. The van der Waals surface area contributed by atoms with Crippen molar-refractivity contribution >= 4 is 5.91 Å². The molecule has 0 heterocycles. The van der Waals surface area contributed by atoms with Crippen molar-refractivity contribution in [3.63, 3.8) is 0 Å². The first-order valence-corrected chi connectivity index (χ1v) is 3.98. The second kappa shape index (κ2) is 4.93. The fraction of sp³-hybridized carbons (Fsp3) is 0.667. The topological polar surface area (TPSA) is 29.5 Å². The van der Waals surface area contributed by atoms with Crippen LogP contribution in [0.4, 0.5) is 0 Å². The minimum Gasteiger partial charge on any atom is -0.275 e. The van der Waals surface area contributed by atoms with E-state index < -0.39 is 0 Å². The molecule has 2 atom stereocenters. The van der Waals surface area contributed by atoms with Gasteiger partial charge >= 0.3 is 0 Å². The minimum absolute atomic E-state index is 0.0232. The molecule has 0 aromatic heterocycles. The molecule has 0 bridgehead atoms. The SMILES string of the molecule is C=CC(C)C(C)C(=O)N(C)OC. The highest BCUT2D eigenvalue weighted by atomic mass is 16.7. The normalized spacial score (nSPS) is 15.0. The van der Waals surface area contributed by atoms with E-state index in [2.05, 4.69) is 6.58 Å². The maximum Gasteiger partial charge on any atom is 0.249 e. The van der Waals surface area contributed by atoms with Crippen LogP contribution in [-0.4, -0.2) is 25.1 Å². The smallest absolute Gasteiger partial charge is 0.249 e. The predicted molar refractivity (Wildman–Crippen MR) is 48.3 cm³/mol. The van der Waals surface area contributed by atoms with Crippen LogP contribution >= 0.6 is 0 Å². The number of hydrogen-bond donors (Lipinski definition) is 0. The Kier molecular flexibility index (Phi) is 4.59. The first kappa shape index (κ1) is 11.2. The van der Waals surface area contributed by atoms with Gasteiger partial charge in [0.25, 0.3) is 0 Å². The van der Waals surface area contributed by atoms with Crippen molar-refractivity contribution in [3.05, 3.63) is 12.7 Å². The van der Waals surface area contributed by atoms with Gasteiger partial charge in [0.05, 0.1) is 7.11 Å². The number of carbonyl (C=O) groups excluding carboxylic acids is 1. The molecule has 0 N–H and O–H groups in total. The molecule has 70 valence electrons. The molecule has 0 aliphatic heterocycles. The number of hydrogen-bond acceptors (Lipinski definition) is 2. The lowest BCUT2D eigenvalue weighted by molar-refractivity contribution is -0.173. The van der Waals surface area contributed by atoms with E-state index in [1.165, 1.54) is 12.2 Å². The zero-order valence-electron chi connectivity index (χ0n) is 8.20. The molecule has 0 saturated carbocycles. The van der Waals surface area contributed by atoms with E-state index in [-0.39, 0.29) is 17.7 Å². The number of allylic oxidation sites excluding steroid dienone is 1. The van der Waals surface area contributed by atoms with Gasteiger partial charge in [0.15, 0.2) is 0 Å². The van der Waals surface area contributed by atoms with Crippen LogP contribution in [0.2, 0.25) is 0 Å². The first-order chi connectivity index (χ1) is 5.54. The molecule has 3 heteroatoms. The second-order valence-electron chi connectivity index (χ2n) is 2.90. The summed E-state index contributed by atoms with van der Waals surface area (Å²) in [5.74, 6) is 0.0763. The van der Waals surface area contributed by atoms with E-state index in [9.17, 15) is 4.79 Å². The Morgan fingerprint density at radius 3 is 2.42 bits per heavy atom. The number of rotatable bonds is 4. The van der Waals surface area contributed by atoms with E-state index in [4.69, 9.17) is 4.84 Å². The Labute approximate surface area is 74.0 Å². The molecule has 0 aromatic carbocycles. The van der Waals surface area contributed by atoms with Crippen LogP contribution in [0.5, 0.6) is 0 Å². The van der Waals surface area contributed by atoms with Crippen LogP contribution in [0.15, 0.2) is 12.7 Å². The van der Waals surface area contributed by atoms with Crippen LogP contribution in [0.25, 0.3) is 0 Å². The van der Waals surface area contributed by atoms with Crippen molar-refractivity contribution in [1.82, 2.24) is 5.06 Å². The lowest BCUT2D eigenvalue weighted by atomic mass is 9.95. The van der Waals surface area contributed by atoms with Gasteiger partial charge in [-0.15, -0.1) is 6.58 Å². The Morgan fingerprint density at radius 2 is 2.08 bits per heavy atom. The summed E-state index contributed by atoms with van der Waals surface area (Å²) in [5, 5.41) is 1.24. The highest BCUT2D eigenvalue weighted by Gasteiger charge is 2.21. The summed E-state index contributed by atoms with van der Waals surface area (Å²) in [6, 6.07) is 0. The fourth-order valence-electron chi connectivity index (χ4n) is 0.806. The standard InChI is InChI=1S/C9H17NO2/c1-6-7(2)8(3)9(11)10(4)12-5/h6-8H,1H2,2-5H3. The Bertz CT molecular complexity index is 168. The van der Waals surface area contributed by atoms with Gasteiger partial charge in [-0.2, -0.15) is 0 Å². The second-order valence-corrected chi connectivity index (χ2v) is 2.90. The summed E-state index contributed by atoms with van der Waals surface area (Å²) in [7, 11) is 3.08. The fourth-order valence-corrected chi connectivity index (χ4v) is 0.806. The monoisotopic (exact) mass is 171 g/mol. The van der Waals surface area contributed by atoms with E-state index in [0.29, 0.717) is 0 Å². The molecular weight excluding hydrogens is 154 g/mol. The molecule has 0 aliphatic carbocycles. The molecule has 0 radical (unpaired) electrons. The van der Waals surface area contributed by atoms with Gasteiger partial charge in [-0.3, -0.25) is 9.63 Å². The Hall–Kier alpha value is -0.830. The summed E-state index contributed by atoms with van der Waals surface area (Å²) in [6.07, 6.45) is 1.77. The Balaban J connectivity index is 4.18. The van der Waals surface area contributed by atoms with Crippen molar-refractivity contribution in [2.45, 2.75) is 13.8 Å². The third-order valence-electron chi connectivity index (χ3n) is 2.13. The van der Waals surface area contributed by atoms with Crippen LogP contribution in [-0.2, 0) is 9.63 Å². The highest BCUT2D eigenvalue weighted by Crippen LogP contribution is 2.13. The molecule has 1 amide bonds. The summed E-state index contributed by atoms with van der Waals surface area (Å²) < 4.78 is 0. The molecule has 0 aromatic rings. The number of hydroxylamine groups is 2. The quantitative estimate of drug-likeness (QED) is 0.473. The molecule has 3 nitrogen and oxygen atoms in total. The van der Waals surface area contributed by atoms with E-state index in [1.807, 2.05) is 13.8 Å². The van der Waals surface area contributed by atoms with Gasteiger partial charge in [-0.1, -0.05) is 19.9 Å². The van der Waals surface area contributed by atoms with Crippen molar-refractivity contribution in [3.8, 4) is 0 Å². The van der Waals surface area contributed by atoms with E-state index in [1.54, 1.807) is 13.1 Å². The average molecular weight is 171 g/mol. The lowest BCUT2D eigenvalue weighted by Gasteiger charge is -2.21. The van der Waals surface area contributed by atoms with Gasteiger partial charge in [-0.05, 0) is 5.92 Å². The van der Waals surface area contributed by atoms with Crippen molar-refractivity contribution in [2.24, 2.45) is 11.8 Å². The average Bonchev–Trinajstić information content (AvgIpc) is 2.12. The van der Waals surface area contributed by atoms with Crippen molar-refractivity contribution in [2.75, 3.05) is 14.2 Å². The van der Waals surface area contributed by atoms with E-state index >= 15 is 0 Å². The molecule has 0 spiro atoms. The molecule has 12 heavy (non-hydrogen) atoms. The van der Waals surface area contributed by atoms with Crippen LogP contribution in [0, 0.1) is 11.8 Å². The summed E-state index contributed by atoms with van der Waals surface area (Å²) >= 11 is 0. The maximum atomic E-state index is 11.4. The number of amides is 1. The molecule has 2 unspecified atom stereocenters. The molecule has 0 rings (SSSR count). The molecule has 0 saturated heterocycles. The van der Waals surface area contributed by atoms with Gasteiger partial charge in [0, 0.05) is 13.0 Å². The maximum absolute atomic E-state index is 11.4. The highest BCUT2D eigenvalue weighted by molar-refractivity contribution is 5.77. The van der Waals surface area contributed by atoms with Gasteiger partial charge < -0.3 is 0 Å². The van der Waals surface area contributed by atoms with Crippen LogP contribution < -0.4 is 0 Å². The molecular formula is C9H17NO2. The Morgan fingerprint density at radius 1 is 1.58 bits per heavy atom. The molecule has 0 aliphatic rings.